The SMILES string of the molecule is C[C@H](CCCO)[C@H]1CC[C@H]2[C@@H]3CCC4=CC(=O)CC[C@]4(C)[C@H]3C[C@H](OC(=O)c3ccccc3)[C@]12C. The molecular formula is C31H42O4. The van der Waals surface area contributed by atoms with Crippen molar-refractivity contribution in [3.05, 3.63) is 47.5 Å². The summed E-state index contributed by atoms with van der Waals surface area (Å²) in [6, 6.07) is 9.41. The summed E-state index contributed by atoms with van der Waals surface area (Å²) in [5.74, 6) is 2.67. The number of ether oxygens (including phenoxy) is 1. The number of carbonyl (C=O) groups excluding carboxylic acids is 2. The van der Waals surface area contributed by atoms with Gasteiger partial charge in [-0.3, -0.25) is 4.79 Å². The van der Waals surface area contributed by atoms with E-state index >= 15 is 0 Å². The molecule has 3 fully saturated rings. The van der Waals surface area contributed by atoms with E-state index in [-0.39, 0.29) is 35.3 Å². The fourth-order valence-electron chi connectivity index (χ4n) is 9.02. The fraction of sp³-hybridized carbons (Fsp3) is 0.677. The molecule has 0 amide bonds. The Morgan fingerprint density at radius 1 is 1.11 bits per heavy atom. The summed E-state index contributed by atoms with van der Waals surface area (Å²) in [5, 5.41) is 9.46. The van der Waals surface area contributed by atoms with Crippen molar-refractivity contribution in [3.8, 4) is 0 Å². The molecule has 8 atom stereocenters. The molecule has 190 valence electrons. The van der Waals surface area contributed by atoms with Crippen LogP contribution in [0.15, 0.2) is 42.0 Å². The zero-order chi connectivity index (χ0) is 24.8. The molecule has 0 saturated heterocycles. The van der Waals surface area contributed by atoms with Crippen molar-refractivity contribution in [2.24, 2.45) is 40.4 Å². The monoisotopic (exact) mass is 478 g/mol. The van der Waals surface area contributed by atoms with Gasteiger partial charge >= 0.3 is 5.97 Å². The molecule has 1 aromatic carbocycles. The van der Waals surface area contributed by atoms with E-state index in [1.165, 1.54) is 18.4 Å². The first-order chi connectivity index (χ1) is 16.8. The summed E-state index contributed by atoms with van der Waals surface area (Å²) >= 11 is 0. The van der Waals surface area contributed by atoms with Crippen LogP contribution in [0.5, 0.6) is 0 Å². The number of hydrogen-bond acceptors (Lipinski definition) is 4. The number of aliphatic hydroxyl groups is 1. The van der Waals surface area contributed by atoms with Crippen LogP contribution >= 0.6 is 0 Å². The van der Waals surface area contributed by atoms with Crippen molar-refractivity contribution >= 4 is 11.8 Å². The predicted molar refractivity (Wildman–Crippen MR) is 137 cm³/mol. The quantitative estimate of drug-likeness (QED) is 0.482. The van der Waals surface area contributed by atoms with Crippen LogP contribution in [-0.4, -0.2) is 29.6 Å². The highest BCUT2D eigenvalue weighted by atomic mass is 16.5. The van der Waals surface area contributed by atoms with E-state index in [4.69, 9.17) is 4.74 Å². The summed E-state index contributed by atoms with van der Waals surface area (Å²) in [7, 11) is 0. The summed E-state index contributed by atoms with van der Waals surface area (Å²) in [6.07, 6.45) is 10.7. The van der Waals surface area contributed by atoms with Crippen molar-refractivity contribution in [2.75, 3.05) is 6.61 Å². The van der Waals surface area contributed by atoms with Gasteiger partial charge in [-0.1, -0.05) is 44.5 Å². The number of aliphatic hydroxyl groups excluding tert-OH is 1. The molecule has 0 heterocycles. The predicted octanol–water partition coefficient (Wildman–Crippen LogP) is 6.38. The van der Waals surface area contributed by atoms with Gasteiger partial charge in [0.1, 0.15) is 6.10 Å². The van der Waals surface area contributed by atoms with Gasteiger partial charge in [-0.25, -0.2) is 4.79 Å². The Labute approximate surface area is 210 Å². The van der Waals surface area contributed by atoms with Crippen molar-refractivity contribution in [1.29, 1.82) is 0 Å². The van der Waals surface area contributed by atoms with Gasteiger partial charge in [-0.05, 0) is 105 Å². The van der Waals surface area contributed by atoms with Crippen molar-refractivity contribution in [3.63, 3.8) is 0 Å². The molecule has 0 bridgehead atoms. The number of fused-ring (bicyclic) bond motifs is 5. The number of ketones is 1. The molecule has 3 saturated carbocycles. The summed E-state index contributed by atoms with van der Waals surface area (Å²) < 4.78 is 6.50. The molecule has 0 aromatic heterocycles. The zero-order valence-corrected chi connectivity index (χ0v) is 21.7. The molecule has 0 unspecified atom stereocenters. The molecule has 0 radical (unpaired) electrons. The largest absolute Gasteiger partial charge is 0.458 e. The normalized spacial score (nSPS) is 39.1. The average Bonchev–Trinajstić information content (AvgIpc) is 3.22. The van der Waals surface area contributed by atoms with Crippen LogP contribution in [0.1, 0.15) is 88.9 Å². The van der Waals surface area contributed by atoms with Crippen molar-refractivity contribution in [1.82, 2.24) is 0 Å². The van der Waals surface area contributed by atoms with E-state index in [0.717, 1.165) is 38.5 Å². The van der Waals surface area contributed by atoms with Gasteiger partial charge in [0.2, 0.25) is 0 Å². The molecule has 0 spiro atoms. The molecular weight excluding hydrogens is 436 g/mol. The van der Waals surface area contributed by atoms with E-state index in [9.17, 15) is 14.7 Å². The molecule has 1 aromatic rings. The van der Waals surface area contributed by atoms with Gasteiger partial charge in [0.25, 0.3) is 0 Å². The van der Waals surface area contributed by atoms with Crippen LogP contribution in [0.3, 0.4) is 0 Å². The number of benzene rings is 1. The Morgan fingerprint density at radius 3 is 2.63 bits per heavy atom. The second-order valence-electron chi connectivity index (χ2n) is 12.4. The van der Waals surface area contributed by atoms with E-state index in [0.29, 0.717) is 41.6 Å². The standard InChI is InChI=1S/C31H42O4/c1-20(8-7-17-32)25-13-14-26-24-12-11-22-18-23(33)15-16-30(22,2)27(24)19-28(31(25,26)3)35-29(34)21-9-5-4-6-10-21/h4-6,9-10,18,20,24-28,32H,7-8,11-17,19H2,1-3H3/t20-,24+,25-,26+,27+,28+,30+,31-/m1/s1. The van der Waals surface area contributed by atoms with E-state index < -0.39 is 0 Å². The fourth-order valence-corrected chi connectivity index (χ4v) is 9.02. The second kappa shape index (κ2) is 9.50. The molecule has 1 N–H and O–H groups in total. The van der Waals surface area contributed by atoms with Gasteiger partial charge in [-0.15, -0.1) is 0 Å². The molecule has 4 aliphatic carbocycles. The van der Waals surface area contributed by atoms with Gasteiger partial charge in [0, 0.05) is 18.4 Å². The highest BCUT2D eigenvalue weighted by Gasteiger charge is 2.64. The third kappa shape index (κ3) is 4.10. The van der Waals surface area contributed by atoms with Gasteiger partial charge in [-0.2, -0.15) is 0 Å². The maximum Gasteiger partial charge on any atom is 0.338 e. The highest BCUT2D eigenvalue weighted by molar-refractivity contribution is 5.91. The highest BCUT2D eigenvalue weighted by Crippen LogP contribution is 2.68. The van der Waals surface area contributed by atoms with Gasteiger partial charge in [0.15, 0.2) is 5.78 Å². The van der Waals surface area contributed by atoms with Crippen LogP contribution in [0.25, 0.3) is 0 Å². The van der Waals surface area contributed by atoms with Gasteiger partial charge < -0.3 is 9.84 Å². The van der Waals surface area contributed by atoms with Crippen molar-refractivity contribution < 1.29 is 19.4 Å². The Balaban J connectivity index is 1.50. The first-order valence-corrected chi connectivity index (χ1v) is 13.9. The van der Waals surface area contributed by atoms with Gasteiger partial charge in [0.05, 0.1) is 5.56 Å². The first kappa shape index (κ1) is 24.7. The Hall–Kier alpha value is -1.94. The van der Waals surface area contributed by atoms with E-state index in [2.05, 4.69) is 20.8 Å². The lowest BCUT2D eigenvalue weighted by Crippen LogP contribution is -2.58. The first-order valence-electron chi connectivity index (χ1n) is 13.9. The summed E-state index contributed by atoms with van der Waals surface area (Å²) in [6.45, 7) is 7.38. The van der Waals surface area contributed by atoms with Crippen LogP contribution in [0, 0.1) is 40.4 Å². The Kier molecular flexibility index (Phi) is 6.72. The summed E-state index contributed by atoms with van der Waals surface area (Å²) in [4.78, 5) is 25.6. The maximum absolute atomic E-state index is 13.3. The molecule has 0 aliphatic heterocycles. The van der Waals surface area contributed by atoms with E-state index in [1.807, 2.05) is 36.4 Å². The smallest absolute Gasteiger partial charge is 0.338 e. The second-order valence-corrected chi connectivity index (χ2v) is 12.4. The molecule has 4 aliphatic rings. The van der Waals surface area contributed by atoms with E-state index in [1.54, 1.807) is 0 Å². The number of allylic oxidation sites excluding steroid dienone is 1. The topological polar surface area (TPSA) is 63.6 Å². The number of rotatable bonds is 6. The minimum absolute atomic E-state index is 0.0378. The third-order valence-corrected chi connectivity index (χ3v) is 10.9. The number of hydrogen-bond donors (Lipinski definition) is 1. The molecule has 4 heteroatoms. The molecule has 5 rings (SSSR count). The van der Waals surface area contributed by atoms with Crippen LogP contribution < -0.4 is 0 Å². The maximum atomic E-state index is 13.3. The molecule has 35 heavy (non-hydrogen) atoms. The lowest BCUT2D eigenvalue weighted by atomic mass is 9.45. The Morgan fingerprint density at radius 2 is 1.89 bits per heavy atom. The van der Waals surface area contributed by atoms with Crippen LogP contribution in [-0.2, 0) is 9.53 Å². The van der Waals surface area contributed by atoms with Crippen LogP contribution in [0.4, 0.5) is 0 Å². The van der Waals surface area contributed by atoms with Crippen LogP contribution in [0.2, 0.25) is 0 Å². The zero-order valence-electron chi connectivity index (χ0n) is 21.7. The minimum atomic E-state index is -0.210. The minimum Gasteiger partial charge on any atom is -0.458 e. The Bertz CT molecular complexity index is 983. The average molecular weight is 479 g/mol. The number of esters is 1. The van der Waals surface area contributed by atoms with Crippen molar-refractivity contribution in [2.45, 2.75) is 84.7 Å². The lowest BCUT2D eigenvalue weighted by molar-refractivity contribution is -0.144. The number of carbonyl (C=O) groups is 2. The lowest BCUT2D eigenvalue weighted by Gasteiger charge is -2.60. The molecule has 4 nitrogen and oxygen atoms in total. The third-order valence-electron chi connectivity index (χ3n) is 10.9. The summed E-state index contributed by atoms with van der Waals surface area (Å²) in [5.41, 5.74) is 1.95.